The standard InChI is InChI=1S/C17H14BrF2NO2/c18-14-9-13(20)4-6-16(14)23-10-17(22)21-7-1-2-11-8-12(19)3-5-15(11)21/h3-6,8-9H,1-2,7,10H2. The lowest BCUT2D eigenvalue weighted by atomic mass is 10.0. The molecule has 3 rings (SSSR count). The Balaban J connectivity index is 1.72. The van der Waals surface area contributed by atoms with Gasteiger partial charge in [-0.25, -0.2) is 8.78 Å². The first-order chi connectivity index (χ1) is 11.0. The van der Waals surface area contributed by atoms with E-state index in [0.717, 1.165) is 24.1 Å². The Morgan fingerprint density at radius 1 is 1.17 bits per heavy atom. The Bertz CT molecular complexity index is 751. The summed E-state index contributed by atoms with van der Waals surface area (Å²) >= 11 is 3.20. The molecule has 1 heterocycles. The topological polar surface area (TPSA) is 29.5 Å². The monoisotopic (exact) mass is 381 g/mol. The molecule has 0 atom stereocenters. The summed E-state index contributed by atoms with van der Waals surface area (Å²) in [4.78, 5) is 14.0. The lowest BCUT2D eigenvalue weighted by Crippen LogP contribution is -2.38. The molecule has 2 aromatic carbocycles. The number of hydrogen-bond acceptors (Lipinski definition) is 2. The van der Waals surface area contributed by atoms with Crippen molar-refractivity contribution in [1.29, 1.82) is 0 Å². The molecule has 0 fully saturated rings. The SMILES string of the molecule is O=C(COc1ccc(F)cc1Br)N1CCCc2cc(F)ccc21. The Morgan fingerprint density at radius 2 is 1.91 bits per heavy atom. The average Bonchev–Trinajstić information content (AvgIpc) is 2.53. The zero-order valence-electron chi connectivity index (χ0n) is 12.2. The fourth-order valence-corrected chi connectivity index (χ4v) is 3.10. The number of anilines is 1. The fraction of sp³-hybridized carbons (Fsp3) is 0.235. The number of benzene rings is 2. The number of carbonyl (C=O) groups excluding carboxylic acids is 1. The van der Waals surface area contributed by atoms with Crippen LogP contribution in [0.1, 0.15) is 12.0 Å². The number of aryl methyl sites for hydroxylation is 1. The molecule has 6 heteroatoms. The van der Waals surface area contributed by atoms with Gasteiger partial charge in [0, 0.05) is 12.2 Å². The van der Waals surface area contributed by atoms with Gasteiger partial charge in [-0.15, -0.1) is 0 Å². The molecule has 0 saturated carbocycles. The fourth-order valence-electron chi connectivity index (χ4n) is 2.63. The Morgan fingerprint density at radius 3 is 2.70 bits per heavy atom. The number of nitrogens with zero attached hydrogens (tertiary/aromatic N) is 1. The van der Waals surface area contributed by atoms with E-state index in [9.17, 15) is 13.6 Å². The van der Waals surface area contributed by atoms with Gasteiger partial charge in [-0.05, 0) is 70.7 Å². The number of carbonyl (C=O) groups is 1. The van der Waals surface area contributed by atoms with Crippen molar-refractivity contribution in [3.8, 4) is 5.75 Å². The van der Waals surface area contributed by atoms with Gasteiger partial charge >= 0.3 is 0 Å². The van der Waals surface area contributed by atoms with Crippen LogP contribution in [-0.4, -0.2) is 19.1 Å². The van der Waals surface area contributed by atoms with Crippen LogP contribution in [0.4, 0.5) is 14.5 Å². The van der Waals surface area contributed by atoms with Crippen LogP contribution in [0.5, 0.6) is 5.75 Å². The Hall–Kier alpha value is -1.95. The van der Waals surface area contributed by atoms with Gasteiger partial charge in [0.25, 0.3) is 5.91 Å². The van der Waals surface area contributed by atoms with Crippen molar-refractivity contribution in [2.75, 3.05) is 18.1 Å². The van der Waals surface area contributed by atoms with Crippen molar-refractivity contribution >= 4 is 27.5 Å². The van der Waals surface area contributed by atoms with Crippen molar-refractivity contribution in [1.82, 2.24) is 0 Å². The van der Waals surface area contributed by atoms with Crippen LogP contribution in [0.2, 0.25) is 0 Å². The number of fused-ring (bicyclic) bond motifs is 1. The van der Waals surface area contributed by atoms with Gasteiger partial charge in [0.05, 0.1) is 4.47 Å². The van der Waals surface area contributed by atoms with E-state index in [0.29, 0.717) is 16.8 Å². The minimum absolute atomic E-state index is 0.166. The summed E-state index contributed by atoms with van der Waals surface area (Å²) in [6.45, 7) is 0.409. The van der Waals surface area contributed by atoms with Crippen LogP contribution in [-0.2, 0) is 11.2 Å². The highest BCUT2D eigenvalue weighted by Gasteiger charge is 2.23. The Labute approximate surface area is 141 Å². The highest BCUT2D eigenvalue weighted by atomic mass is 79.9. The molecule has 0 aromatic heterocycles. The van der Waals surface area contributed by atoms with E-state index in [-0.39, 0.29) is 24.1 Å². The highest BCUT2D eigenvalue weighted by molar-refractivity contribution is 9.10. The van der Waals surface area contributed by atoms with Gasteiger partial charge in [-0.3, -0.25) is 4.79 Å². The van der Waals surface area contributed by atoms with E-state index in [1.165, 1.54) is 30.3 Å². The first kappa shape index (κ1) is 15.9. The summed E-state index contributed by atoms with van der Waals surface area (Å²) in [5.74, 6) is -0.503. The minimum Gasteiger partial charge on any atom is -0.483 e. The molecule has 0 saturated heterocycles. The van der Waals surface area contributed by atoms with Crippen molar-refractivity contribution in [3.05, 3.63) is 58.1 Å². The third-order valence-electron chi connectivity index (χ3n) is 3.71. The van der Waals surface area contributed by atoms with Crippen molar-refractivity contribution in [3.63, 3.8) is 0 Å². The lowest BCUT2D eigenvalue weighted by molar-refractivity contribution is -0.120. The zero-order valence-corrected chi connectivity index (χ0v) is 13.8. The van der Waals surface area contributed by atoms with Gasteiger partial charge < -0.3 is 9.64 Å². The molecule has 120 valence electrons. The average molecular weight is 382 g/mol. The number of halogens is 3. The molecule has 2 aromatic rings. The molecule has 0 unspecified atom stereocenters. The lowest BCUT2D eigenvalue weighted by Gasteiger charge is -2.29. The molecule has 1 aliphatic heterocycles. The summed E-state index contributed by atoms with van der Waals surface area (Å²) in [5, 5.41) is 0. The van der Waals surface area contributed by atoms with Gasteiger partial charge in [0.1, 0.15) is 17.4 Å². The minimum atomic E-state index is -0.387. The number of amides is 1. The predicted molar refractivity (Wildman–Crippen MR) is 86.7 cm³/mol. The first-order valence-electron chi connectivity index (χ1n) is 7.21. The van der Waals surface area contributed by atoms with E-state index < -0.39 is 0 Å². The molecule has 0 radical (unpaired) electrons. The van der Waals surface area contributed by atoms with Crippen LogP contribution in [0.25, 0.3) is 0 Å². The second-order valence-corrected chi connectivity index (χ2v) is 6.14. The van der Waals surface area contributed by atoms with Crippen LogP contribution >= 0.6 is 15.9 Å². The highest BCUT2D eigenvalue weighted by Crippen LogP contribution is 2.29. The number of rotatable bonds is 3. The van der Waals surface area contributed by atoms with E-state index >= 15 is 0 Å². The summed E-state index contributed by atoms with van der Waals surface area (Å²) in [5.41, 5.74) is 1.55. The number of ether oxygens (including phenoxy) is 1. The third kappa shape index (κ3) is 3.52. The molecule has 23 heavy (non-hydrogen) atoms. The molecule has 0 aliphatic carbocycles. The largest absolute Gasteiger partial charge is 0.483 e. The van der Waals surface area contributed by atoms with Crippen LogP contribution < -0.4 is 9.64 Å². The summed E-state index contributed by atoms with van der Waals surface area (Å²) < 4.78 is 32.3. The quantitative estimate of drug-likeness (QED) is 0.801. The van der Waals surface area contributed by atoms with Gasteiger partial charge in [-0.2, -0.15) is 0 Å². The molecule has 0 bridgehead atoms. The maximum Gasteiger partial charge on any atom is 0.264 e. The van der Waals surface area contributed by atoms with Gasteiger partial charge in [-0.1, -0.05) is 0 Å². The molecular formula is C17H14BrF2NO2. The zero-order chi connectivity index (χ0) is 16.4. The molecule has 0 N–H and O–H groups in total. The van der Waals surface area contributed by atoms with Crippen LogP contribution in [0, 0.1) is 11.6 Å². The second kappa shape index (κ2) is 6.66. The van der Waals surface area contributed by atoms with E-state index in [2.05, 4.69) is 15.9 Å². The molecule has 1 aliphatic rings. The first-order valence-corrected chi connectivity index (χ1v) is 8.00. The van der Waals surface area contributed by atoms with Crippen molar-refractivity contribution < 1.29 is 18.3 Å². The normalized spacial score (nSPS) is 13.6. The van der Waals surface area contributed by atoms with E-state index in [4.69, 9.17) is 4.74 Å². The van der Waals surface area contributed by atoms with Gasteiger partial charge in [0.2, 0.25) is 0 Å². The summed E-state index contributed by atoms with van der Waals surface area (Å²) in [7, 11) is 0. The maximum atomic E-state index is 13.3. The molecule has 3 nitrogen and oxygen atoms in total. The molecule has 0 spiro atoms. The number of hydrogen-bond donors (Lipinski definition) is 0. The van der Waals surface area contributed by atoms with Crippen LogP contribution in [0.15, 0.2) is 40.9 Å². The molecule has 1 amide bonds. The second-order valence-electron chi connectivity index (χ2n) is 5.29. The molecular weight excluding hydrogens is 368 g/mol. The van der Waals surface area contributed by atoms with E-state index in [1.54, 1.807) is 11.0 Å². The summed E-state index contributed by atoms with van der Waals surface area (Å²) in [6, 6.07) is 8.44. The van der Waals surface area contributed by atoms with Gasteiger partial charge in [0.15, 0.2) is 6.61 Å². The van der Waals surface area contributed by atoms with Crippen LogP contribution in [0.3, 0.4) is 0 Å². The predicted octanol–water partition coefficient (Wildman–Crippen LogP) is 4.09. The van der Waals surface area contributed by atoms with Crippen molar-refractivity contribution in [2.45, 2.75) is 12.8 Å². The smallest absolute Gasteiger partial charge is 0.264 e. The van der Waals surface area contributed by atoms with Crippen molar-refractivity contribution in [2.24, 2.45) is 0 Å². The maximum absolute atomic E-state index is 13.3. The van der Waals surface area contributed by atoms with E-state index in [1.807, 2.05) is 0 Å². The summed E-state index contributed by atoms with van der Waals surface area (Å²) in [6.07, 6.45) is 1.53. The Kier molecular flexibility index (Phi) is 4.61. The third-order valence-corrected chi connectivity index (χ3v) is 4.33.